The quantitative estimate of drug-likeness (QED) is 0.592. The summed E-state index contributed by atoms with van der Waals surface area (Å²) < 4.78 is 5.30. The van der Waals surface area contributed by atoms with Gasteiger partial charge in [0.2, 0.25) is 0 Å². The monoisotopic (exact) mass is 256 g/mol. The van der Waals surface area contributed by atoms with E-state index < -0.39 is 0 Å². The van der Waals surface area contributed by atoms with Crippen molar-refractivity contribution >= 4 is 11.8 Å². The Hall–Kier alpha value is -0.860. The van der Waals surface area contributed by atoms with Crippen molar-refractivity contribution in [2.45, 2.75) is 60.3 Å². The topological polar surface area (TPSA) is 43.4 Å². The predicted octanol–water partition coefficient (Wildman–Crippen LogP) is 3.61. The molecular weight excluding hydrogens is 228 g/mol. The highest BCUT2D eigenvalue weighted by molar-refractivity contribution is 5.85. The van der Waals surface area contributed by atoms with Crippen LogP contribution < -0.4 is 0 Å². The van der Waals surface area contributed by atoms with Crippen LogP contribution in [0, 0.1) is 17.8 Å². The van der Waals surface area contributed by atoms with Crippen LogP contribution in [0.25, 0.3) is 0 Å². The summed E-state index contributed by atoms with van der Waals surface area (Å²) in [5.74, 6) is -0.185. The van der Waals surface area contributed by atoms with Crippen molar-refractivity contribution in [2.24, 2.45) is 17.8 Å². The van der Waals surface area contributed by atoms with Gasteiger partial charge in [0.1, 0.15) is 5.78 Å². The molecule has 0 amide bonds. The van der Waals surface area contributed by atoms with Gasteiger partial charge in [0.25, 0.3) is 0 Å². The minimum atomic E-state index is -0.258. The van der Waals surface area contributed by atoms with Gasteiger partial charge in [-0.15, -0.1) is 0 Å². The molecule has 3 nitrogen and oxygen atoms in total. The Bertz CT molecular complexity index is 258. The number of rotatable bonds is 9. The lowest BCUT2D eigenvalue weighted by Gasteiger charge is -2.23. The van der Waals surface area contributed by atoms with Crippen LogP contribution in [0.15, 0.2) is 0 Å². The number of hydrogen-bond donors (Lipinski definition) is 0. The maximum Gasteiger partial charge on any atom is 0.309 e. The Morgan fingerprint density at radius 3 is 1.89 bits per heavy atom. The Balaban J connectivity index is 4.68. The van der Waals surface area contributed by atoms with Gasteiger partial charge in [-0.3, -0.25) is 9.59 Å². The van der Waals surface area contributed by atoms with Gasteiger partial charge in [0, 0.05) is 5.92 Å². The normalized spacial score (nSPS) is 14.3. The molecule has 106 valence electrons. The maximum atomic E-state index is 12.1. The fraction of sp³-hybridized carbons (Fsp3) is 0.867. The fourth-order valence-electron chi connectivity index (χ4n) is 2.15. The zero-order chi connectivity index (χ0) is 14.1. The summed E-state index contributed by atoms with van der Waals surface area (Å²) in [6.45, 7) is 10.1. The van der Waals surface area contributed by atoms with Crippen LogP contribution in [0.3, 0.4) is 0 Å². The van der Waals surface area contributed by atoms with Crippen molar-refractivity contribution in [3.63, 3.8) is 0 Å². The van der Waals surface area contributed by atoms with Crippen LogP contribution >= 0.6 is 0 Å². The lowest BCUT2D eigenvalue weighted by Crippen LogP contribution is -2.31. The van der Waals surface area contributed by atoms with E-state index in [1.54, 1.807) is 6.92 Å². The van der Waals surface area contributed by atoms with Crippen molar-refractivity contribution in [3.05, 3.63) is 0 Å². The maximum absolute atomic E-state index is 12.1. The van der Waals surface area contributed by atoms with Crippen molar-refractivity contribution < 1.29 is 14.3 Å². The minimum Gasteiger partial charge on any atom is -0.465 e. The molecule has 0 aliphatic rings. The first kappa shape index (κ1) is 17.1. The van der Waals surface area contributed by atoms with Crippen LogP contribution in [-0.4, -0.2) is 18.4 Å². The van der Waals surface area contributed by atoms with E-state index >= 15 is 0 Å². The highest BCUT2D eigenvalue weighted by Crippen LogP contribution is 2.25. The van der Waals surface area contributed by atoms with E-state index in [1.807, 2.05) is 27.7 Å². The molecule has 0 heterocycles. The second-order valence-corrected chi connectivity index (χ2v) is 5.42. The van der Waals surface area contributed by atoms with E-state index in [0.29, 0.717) is 12.5 Å². The average Bonchev–Trinajstić information content (AvgIpc) is 2.30. The Kier molecular flexibility index (Phi) is 8.69. The largest absolute Gasteiger partial charge is 0.465 e. The summed E-state index contributed by atoms with van der Waals surface area (Å²) in [7, 11) is 0. The lowest BCUT2D eigenvalue weighted by molar-refractivity contribution is -0.154. The fourth-order valence-corrected chi connectivity index (χ4v) is 2.15. The first-order valence-corrected chi connectivity index (χ1v) is 7.11. The number of ether oxygens (including phenoxy) is 1. The SMILES string of the molecule is CCCC(C(C)=O)C(CCC)C(=O)OCC(C)C. The number of carbonyl (C=O) groups is 2. The Morgan fingerprint density at radius 1 is 1.00 bits per heavy atom. The van der Waals surface area contributed by atoms with E-state index in [1.165, 1.54) is 0 Å². The molecule has 0 fully saturated rings. The van der Waals surface area contributed by atoms with Gasteiger partial charge >= 0.3 is 5.97 Å². The van der Waals surface area contributed by atoms with Crippen LogP contribution in [0.1, 0.15) is 60.3 Å². The van der Waals surface area contributed by atoms with E-state index in [0.717, 1.165) is 25.7 Å². The molecule has 0 saturated carbocycles. The third kappa shape index (κ3) is 6.18. The molecule has 0 N–H and O–H groups in total. The second kappa shape index (κ2) is 9.12. The molecule has 3 heteroatoms. The minimum absolute atomic E-state index is 0.108. The van der Waals surface area contributed by atoms with Gasteiger partial charge in [-0.2, -0.15) is 0 Å². The molecule has 2 unspecified atom stereocenters. The smallest absolute Gasteiger partial charge is 0.309 e. The summed E-state index contributed by atoms with van der Waals surface area (Å²) in [5.41, 5.74) is 0. The van der Waals surface area contributed by atoms with Crippen molar-refractivity contribution in [3.8, 4) is 0 Å². The molecular formula is C15H28O3. The van der Waals surface area contributed by atoms with Crippen LogP contribution in [-0.2, 0) is 14.3 Å². The van der Waals surface area contributed by atoms with E-state index in [2.05, 4.69) is 0 Å². The summed E-state index contributed by atoms with van der Waals surface area (Å²) in [6, 6.07) is 0. The molecule has 0 aliphatic carbocycles. The van der Waals surface area contributed by atoms with Gasteiger partial charge in [0.15, 0.2) is 0 Å². The van der Waals surface area contributed by atoms with Crippen molar-refractivity contribution in [1.29, 1.82) is 0 Å². The van der Waals surface area contributed by atoms with Gasteiger partial charge in [-0.25, -0.2) is 0 Å². The summed E-state index contributed by atoms with van der Waals surface area (Å²) >= 11 is 0. The van der Waals surface area contributed by atoms with E-state index in [4.69, 9.17) is 4.74 Å². The van der Waals surface area contributed by atoms with Crippen LogP contribution in [0.5, 0.6) is 0 Å². The van der Waals surface area contributed by atoms with Crippen LogP contribution in [0.4, 0.5) is 0 Å². The van der Waals surface area contributed by atoms with E-state index in [-0.39, 0.29) is 23.6 Å². The molecule has 18 heavy (non-hydrogen) atoms. The first-order valence-electron chi connectivity index (χ1n) is 7.11. The number of esters is 1. The lowest BCUT2D eigenvalue weighted by atomic mass is 9.83. The average molecular weight is 256 g/mol. The molecule has 0 aliphatic heterocycles. The zero-order valence-electron chi connectivity index (χ0n) is 12.5. The first-order chi connectivity index (χ1) is 8.43. The number of Topliss-reactive ketones (excluding diaryl/α,β-unsaturated/α-hetero) is 1. The van der Waals surface area contributed by atoms with E-state index in [9.17, 15) is 9.59 Å². The number of carbonyl (C=O) groups excluding carboxylic acids is 2. The van der Waals surface area contributed by atoms with Crippen molar-refractivity contribution in [2.75, 3.05) is 6.61 Å². The predicted molar refractivity (Wildman–Crippen MR) is 73.3 cm³/mol. The molecule has 0 radical (unpaired) electrons. The zero-order valence-corrected chi connectivity index (χ0v) is 12.5. The van der Waals surface area contributed by atoms with Crippen molar-refractivity contribution in [1.82, 2.24) is 0 Å². The Labute approximate surface area is 111 Å². The van der Waals surface area contributed by atoms with Crippen LogP contribution in [0.2, 0.25) is 0 Å². The molecule has 0 aromatic heterocycles. The standard InChI is InChI=1S/C15H28O3/c1-6-8-13(12(5)16)14(9-7-2)15(17)18-10-11(3)4/h11,13-14H,6-10H2,1-5H3. The second-order valence-electron chi connectivity index (χ2n) is 5.42. The number of hydrogen-bond acceptors (Lipinski definition) is 3. The summed E-state index contributed by atoms with van der Waals surface area (Å²) in [5, 5.41) is 0. The molecule has 0 rings (SSSR count). The Morgan fingerprint density at radius 2 is 1.50 bits per heavy atom. The molecule has 0 spiro atoms. The highest BCUT2D eigenvalue weighted by Gasteiger charge is 2.31. The summed E-state index contributed by atoms with van der Waals surface area (Å²) in [6.07, 6.45) is 3.33. The molecule has 0 aromatic rings. The van der Waals surface area contributed by atoms with Gasteiger partial charge in [-0.05, 0) is 25.7 Å². The highest BCUT2D eigenvalue weighted by atomic mass is 16.5. The summed E-state index contributed by atoms with van der Waals surface area (Å²) in [4.78, 5) is 23.8. The molecule has 0 saturated heterocycles. The molecule has 0 bridgehead atoms. The number of ketones is 1. The van der Waals surface area contributed by atoms with Gasteiger partial charge in [0.05, 0.1) is 12.5 Å². The van der Waals surface area contributed by atoms with Gasteiger partial charge in [-0.1, -0.05) is 40.5 Å². The molecule has 0 aromatic carbocycles. The third-order valence-electron chi connectivity index (χ3n) is 3.07. The third-order valence-corrected chi connectivity index (χ3v) is 3.07. The van der Waals surface area contributed by atoms with Gasteiger partial charge < -0.3 is 4.74 Å². The molecule has 2 atom stereocenters.